The van der Waals surface area contributed by atoms with Crippen LogP contribution in [0.5, 0.6) is 0 Å². The Labute approximate surface area is 128 Å². The molecule has 0 radical (unpaired) electrons. The zero-order chi connectivity index (χ0) is 14.3. The van der Waals surface area contributed by atoms with Crippen molar-refractivity contribution in [3.63, 3.8) is 0 Å². The van der Waals surface area contributed by atoms with Gasteiger partial charge in [-0.05, 0) is 18.8 Å². The Morgan fingerprint density at radius 3 is 2.62 bits per heavy atom. The zero-order valence-electron chi connectivity index (χ0n) is 11.6. The minimum absolute atomic E-state index is 0. The number of rotatable bonds is 2. The smallest absolute Gasteiger partial charge is 0.288 e. The molecule has 0 unspecified atom stereocenters. The van der Waals surface area contributed by atoms with Crippen molar-refractivity contribution in [2.24, 2.45) is 11.8 Å². The van der Waals surface area contributed by atoms with E-state index < -0.39 is 4.92 Å². The summed E-state index contributed by atoms with van der Waals surface area (Å²) in [5.74, 6) is 0.866. The van der Waals surface area contributed by atoms with Crippen molar-refractivity contribution in [1.82, 2.24) is 15.2 Å². The lowest BCUT2D eigenvalue weighted by Crippen LogP contribution is -2.32. The fraction of sp³-hybridized carbons (Fsp3) is 0.538. The van der Waals surface area contributed by atoms with E-state index in [1.165, 1.54) is 12.3 Å². The van der Waals surface area contributed by atoms with Gasteiger partial charge in [-0.1, -0.05) is 0 Å². The summed E-state index contributed by atoms with van der Waals surface area (Å²) in [5.41, 5.74) is 0.739. The molecule has 1 aromatic rings. The Hall–Kier alpha value is -1.73. The van der Waals surface area contributed by atoms with Crippen molar-refractivity contribution < 1.29 is 9.72 Å². The van der Waals surface area contributed by atoms with Crippen LogP contribution in [0.25, 0.3) is 0 Å². The Kier molecular flexibility index (Phi) is 4.43. The maximum atomic E-state index is 12.5. The van der Waals surface area contributed by atoms with Crippen LogP contribution in [-0.2, 0) is 0 Å². The minimum Gasteiger partial charge on any atom is -0.338 e. The second-order valence-electron chi connectivity index (χ2n) is 5.47. The van der Waals surface area contributed by atoms with E-state index in [-0.39, 0.29) is 24.0 Å². The van der Waals surface area contributed by atoms with Crippen LogP contribution in [0.2, 0.25) is 0 Å². The van der Waals surface area contributed by atoms with E-state index in [1.807, 2.05) is 0 Å². The van der Waals surface area contributed by atoms with E-state index in [0.717, 1.165) is 26.2 Å². The van der Waals surface area contributed by atoms with E-state index >= 15 is 0 Å². The fourth-order valence-electron chi connectivity index (χ4n) is 3.03. The lowest BCUT2D eigenvalue weighted by Gasteiger charge is -2.18. The number of likely N-dealkylation sites (tertiary alicyclic amines) is 1. The number of carbonyl (C=O) groups is 1. The molecule has 0 bridgehead atoms. The highest BCUT2D eigenvalue weighted by atomic mass is 35.5. The Morgan fingerprint density at radius 2 is 2.05 bits per heavy atom. The first kappa shape index (κ1) is 15.7. The molecule has 7 nitrogen and oxygen atoms in total. The average Bonchev–Trinajstić information content (AvgIpc) is 2.98. The number of hydrogen-bond donors (Lipinski definition) is 1. The van der Waals surface area contributed by atoms with E-state index in [1.54, 1.807) is 11.8 Å². The molecule has 8 heteroatoms. The van der Waals surface area contributed by atoms with Gasteiger partial charge >= 0.3 is 0 Å². The van der Waals surface area contributed by atoms with Gasteiger partial charge in [0.05, 0.1) is 16.2 Å². The van der Waals surface area contributed by atoms with Gasteiger partial charge in [-0.25, -0.2) is 0 Å². The van der Waals surface area contributed by atoms with E-state index in [2.05, 4.69) is 10.3 Å². The molecule has 2 saturated heterocycles. The van der Waals surface area contributed by atoms with Gasteiger partial charge in [-0.15, -0.1) is 12.4 Å². The van der Waals surface area contributed by atoms with E-state index in [9.17, 15) is 14.9 Å². The van der Waals surface area contributed by atoms with Gasteiger partial charge < -0.3 is 10.2 Å². The Balaban J connectivity index is 0.00000161. The largest absolute Gasteiger partial charge is 0.338 e. The predicted octanol–water partition coefficient (Wildman–Crippen LogP) is 1.01. The molecule has 114 valence electrons. The molecule has 0 aromatic carbocycles. The van der Waals surface area contributed by atoms with Crippen LogP contribution in [0.4, 0.5) is 5.69 Å². The van der Waals surface area contributed by atoms with Crippen LogP contribution in [0.3, 0.4) is 0 Å². The number of aromatic nitrogens is 1. The summed E-state index contributed by atoms with van der Waals surface area (Å²) in [4.78, 5) is 28.6. The summed E-state index contributed by atoms with van der Waals surface area (Å²) in [7, 11) is 0. The van der Waals surface area contributed by atoms with Crippen molar-refractivity contribution >= 4 is 24.0 Å². The first-order valence-corrected chi connectivity index (χ1v) is 6.67. The van der Waals surface area contributed by atoms with Crippen LogP contribution >= 0.6 is 12.4 Å². The summed E-state index contributed by atoms with van der Waals surface area (Å²) >= 11 is 0. The molecule has 2 atom stereocenters. The molecule has 2 fully saturated rings. The minimum atomic E-state index is -0.522. The number of carbonyl (C=O) groups excluding carboxylic acids is 1. The monoisotopic (exact) mass is 312 g/mol. The SMILES string of the molecule is Cc1ncc([N+](=O)[O-])cc1C(=O)N1C[C@H]2CNC[C@H]2C1.Cl. The third-order valence-corrected chi connectivity index (χ3v) is 4.19. The molecule has 3 rings (SSSR count). The third kappa shape index (κ3) is 2.84. The highest BCUT2D eigenvalue weighted by Crippen LogP contribution is 2.28. The molecule has 0 saturated carbocycles. The number of aryl methyl sites for hydroxylation is 1. The summed E-state index contributed by atoms with van der Waals surface area (Å²) in [5, 5.41) is 14.1. The molecule has 1 N–H and O–H groups in total. The molecular formula is C13H17ClN4O3. The molecule has 21 heavy (non-hydrogen) atoms. The lowest BCUT2D eigenvalue weighted by molar-refractivity contribution is -0.385. The van der Waals surface area contributed by atoms with E-state index in [0.29, 0.717) is 23.1 Å². The van der Waals surface area contributed by atoms with Gasteiger partial charge in [0.2, 0.25) is 0 Å². The quantitative estimate of drug-likeness (QED) is 0.650. The maximum absolute atomic E-state index is 12.5. The predicted molar refractivity (Wildman–Crippen MR) is 78.6 cm³/mol. The number of halogens is 1. The number of amides is 1. The molecule has 2 aliphatic rings. The number of fused-ring (bicyclic) bond motifs is 1. The Morgan fingerprint density at radius 1 is 1.43 bits per heavy atom. The highest BCUT2D eigenvalue weighted by molar-refractivity contribution is 5.96. The third-order valence-electron chi connectivity index (χ3n) is 4.19. The van der Waals surface area contributed by atoms with Crippen molar-refractivity contribution in [3.05, 3.63) is 33.6 Å². The average molecular weight is 313 g/mol. The molecular weight excluding hydrogens is 296 g/mol. The molecule has 2 aliphatic heterocycles. The molecule has 3 heterocycles. The van der Waals surface area contributed by atoms with Gasteiger partial charge in [0.25, 0.3) is 11.6 Å². The van der Waals surface area contributed by atoms with Crippen molar-refractivity contribution in [2.75, 3.05) is 26.2 Å². The summed E-state index contributed by atoms with van der Waals surface area (Å²) in [6.07, 6.45) is 1.19. The highest BCUT2D eigenvalue weighted by Gasteiger charge is 2.38. The molecule has 1 amide bonds. The van der Waals surface area contributed by atoms with E-state index in [4.69, 9.17) is 0 Å². The van der Waals surface area contributed by atoms with Gasteiger partial charge in [0.15, 0.2) is 0 Å². The second-order valence-corrected chi connectivity index (χ2v) is 5.47. The van der Waals surface area contributed by atoms with Crippen LogP contribution in [-0.4, -0.2) is 46.9 Å². The van der Waals surface area contributed by atoms with Gasteiger partial charge in [-0.3, -0.25) is 19.9 Å². The van der Waals surface area contributed by atoms with Gasteiger partial charge in [-0.2, -0.15) is 0 Å². The van der Waals surface area contributed by atoms with Crippen molar-refractivity contribution in [1.29, 1.82) is 0 Å². The standard InChI is InChI=1S/C13H16N4O3.ClH/c1-8-12(2-11(5-15-8)17(19)20)13(18)16-6-9-3-14-4-10(9)7-16;/h2,5,9-10,14H,3-4,6-7H2,1H3;1H/t9-,10+;. The van der Waals surface area contributed by atoms with Gasteiger partial charge in [0.1, 0.15) is 6.20 Å². The van der Waals surface area contributed by atoms with Crippen molar-refractivity contribution in [2.45, 2.75) is 6.92 Å². The fourth-order valence-corrected chi connectivity index (χ4v) is 3.03. The van der Waals surface area contributed by atoms with Crippen LogP contribution < -0.4 is 5.32 Å². The summed E-state index contributed by atoms with van der Waals surface area (Å²) in [6.45, 7) is 5.04. The molecule has 1 aromatic heterocycles. The normalized spacial score (nSPS) is 23.6. The van der Waals surface area contributed by atoms with Crippen molar-refractivity contribution in [3.8, 4) is 0 Å². The first-order valence-electron chi connectivity index (χ1n) is 6.67. The first-order chi connectivity index (χ1) is 9.56. The number of pyridine rings is 1. The van der Waals surface area contributed by atoms with Crippen LogP contribution in [0.1, 0.15) is 16.1 Å². The summed E-state index contributed by atoms with van der Waals surface area (Å²) < 4.78 is 0. The summed E-state index contributed by atoms with van der Waals surface area (Å²) in [6, 6.07) is 1.33. The number of nitro groups is 1. The lowest BCUT2D eigenvalue weighted by atomic mass is 10.0. The number of hydrogen-bond acceptors (Lipinski definition) is 5. The Bertz CT molecular complexity index is 569. The molecule has 0 spiro atoms. The number of nitrogens with zero attached hydrogens (tertiary/aromatic N) is 3. The van der Waals surface area contributed by atoms with Gasteiger partial charge in [0, 0.05) is 32.2 Å². The maximum Gasteiger partial charge on any atom is 0.288 e. The topological polar surface area (TPSA) is 88.4 Å². The zero-order valence-corrected chi connectivity index (χ0v) is 12.4. The second kappa shape index (κ2) is 5.95. The van der Waals surface area contributed by atoms with Crippen LogP contribution in [0, 0.1) is 28.9 Å². The number of nitrogens with one attached hydrogen (secondary N) is 1. The van der Waals surface area contributed by atoms with Crippen LogP contribution in [0.15, 0.2) is 12.3 Å². The molecule has 0 aliphatic carbocycles.